The molecule has 1 aromatic rings. The van der Waals surface area contributed by atoms with Crippen LogP contribution in [0.15, 0.2) is 12.5 Å². The number of hydrogen-bond donors (Lipinski definition) is 2. The number of carbonyl (C=O) groups excluding carboxylic acids is 1. The third-order valence-corrected chi connectivity index (χ3v) is 13.3. The first-order valence-electron chi connectivity index (χ1n) is 31.1. The molecule has 1 aromatic heterocycles. The van der Waals surface area contributed by atoms with Crippen LogP contribution in [-0.2, 0) is 63.3 Å². The Hall–Kier alpha value is -1.80. The van der Waals surface area contributed by atoms with E-state index in [9.17, 15) is 4.79 Å². The van der Waals surface area contributed by atoms with Crippen LogP contribution >= 0.6 is 0 Å². The maximum absolute atomic E-state index is 11.9. The molecule has 450 valence electrons. The minimum Gasteiger partial charge on any atom is -0.462 e. The summed E-state index contributed by atoms with van der Waals surface area (Å²) in [6.07, 6.45) is 42.9. The molecule has 1 rings (SSSR count). The minimum atomic E-state index is -0.744. The summed E-state index contributed by atoms with van der Waals surface area (Å²) in [5.74, 6) is -0.473. The SMILES string of the molecule is CCCCCCCCCCCCCCCCN(CCCCCCCCCCCCCCCC)CCOCCOCCOCCOCCOCCOCCOCCOCCOCCOCCOC(=O)C(N)Cc1cnc[nH]1. The standard InChI is InChI=1S/C60H118N4O12/c1-3-5-7-9-11-13-15-17-19-21-23-25-27-29-31-64(32-30-28-26-24-22-20-18-16-14-12-10-8-6-4-2)33-34-66-35-36-67-37-38-68-39-40-69-41-42-70-43-44-71-45-46-72-47-48-73-49-50-74-51-52-75-53-54-76-60(65)59(61)55-58-56-62-57-63-58/h56-57,59H,3-55,61H2,1-2H3,(H,62,63). The summed E-state index contributed by atoms with van der Waals surface area (Å²) in [5, 5.41) is 0. The fourth-order valence-electron chi connectivity index (χ4n) is 8.70. The highest BCUT2D eigenvalue weighted by Gasteiger charge is 2.16. The normalized spacial score (nSPS) is 12.2. The number of carbonyl (C=O) groups is 1. The summed E-state index contributed by atoms with van der Waals surface area (Å²) in [7, 11) is 0. The highest BCUT2D eigenvalue weighted by Crippen LogP contribution is 2.15. The molecule has 0 aliphatic carbocycles. The number of unbranched alkanes of at least 4 members (excludes halogenated alkanes) is 26. The van der Waals surface area contributed by atoms with Crippen LogP contribution in [-0.4, -0.2) is 185 Å². The number of nitrogens with zero attached hydrogens (tertiary/aromatic N) is 2. The van der Waals surface area contributed by atoms with Gasteiger partial charge in [-0.1, -0.05) is 181 Å². The van der Waals surface area contributed by atoms with Gasteiger partial charge in [-0.3, -0.25) is 4.79 Å². The first kappa shape index (κ1) is 72.2. The van der Waals surface area contributed by atoms with Crippen LogP contribution in [0.1, 0.15) is 199 Å². The Labute approximate surface area is 464 Å². The number of nitrogens with two attached hydrogens (primary N) is 1. The van der Waals surface area contributed by atoms with Crippen LogP contribution in [0.4, 0.5) is 0 Å². The summed E-state index contributed by atoms with van der Waals surface area (Å²) >= 11 is 0. The van der Waals surface area contributed by atoms with Crippen molar-refractivity contribution in [2.24, 2.45) is 5.73 Å². The van der Waals surface area contributed by atoms with Gasteiger partial charge < -0.3 is 67.7 Å². The summed E-state index contributed by atoms with van der Waals surface area (Å²) in [6.45, 7) is 18.2. The van der Waals surface area contributed by atoms with Gasteiger partial charge in [0.2, 0.25) is 0 Å². The number of hydrogen-bond acceptors (Lipinski definition) is 15. The quantitative estimate of drug-likeness (QED) is 0.0465. The largest absolute Gasteiger partial charge is 0.462 e. The van der Waals surface area contributed by atoms with Gasteiger partial charge in [0.15, 0.2) is 0 Å². The van der Waals surface area contributed by atoms with Gasteiger partial charge >= 0.3 is 5.97 Å². The lowest BCUT2D eigenvalue weighted by Gasteiger charge is -2.22. The highest BCUT2D eigenvalue weighted by atomic mass is 16.6. The number of imidazole rings is 1. The topological polar surface area (TPSA) is 177 Å². The smallest absolute Gasteiger partial charge is 0.323 e. The zero-order chi connectivity index (χ0) is 54.4. The van der Waals surface area contributed by atoms with E-state index in [1.807, 2.05) is 0 Å². The van der Waals surface area contributed by atoms with Gasteiger partial charge in [0.05, 0.1) is 138 Å². The molecule has 0 saturated carbocycles. The van der Waals surface area contributed by atoms with Crippen LogP contribution in [0.5, 0.6) is 0 Å². The van der Waals surface area contributed by atoms with Gasteiger partial charge in [-0.15, -0.1) is 0 Å². The van der Waals surface area contributed by atoms with Gasteiger partial charge in [-0.05, 0) is 25.9 Å². The van der Waals surface area contributed by atoms with Crippen molar-refractivity contribution in [2.75, 3.05) is 158 Å². The number of ether oxygens (including phenoxy) is 11. The first-order valence-corrected chi connectivity index (χ1v) is 31.1. The molecule has 0 bridgehead atoms. The predicted molar refractivity (Wildman–Crippen MR) is 306 cm³/mol. The molecule has 16 heteroatoms. The molecule has 16 nitrogen and oxygen atoms in total. The molecule has 0 aliphatic heterocycles. The van der Waals surface area contributed by atoms with E-state index in [0.29, 0.717) is 125 Å². The van der Waals surface area contributed by atoms with Gasteiger partial charge in [0.1, 0.15) is 12.6 Å². The van der Waals surface area contributed by atoms with Crippen molar-refractivity contribution in [3.8, 4) is 0 Å². The second kappa shape index (κ2) is 62.4. The number of aromatic nitrogens is 2. The van der Waals surface area contributed by atoms with Crippen LogP contribution in [0.2, 0.25) is 0 Å². The zero-order valence-corrected chi connectivity index (χ0v) is 49.1. The Bertz CT molecular complexity index is 1210. The lowest BCUT2D eigenvalue weighted by atomic mass is 10.0. The van der Waals surface area contributed by atoms with Crippen molar-refractivity contribution in [3.05, 3.63) is 18.2 Å². The molecule has 1 unspecified atom stereocenters. The van der Waals surface area contributed by atoms with E-state index in [2.05, 4.69) is 28.7 Å². The highest BCUT2D eigenvalue weighted by molar-refractivity contribution is 5.75. The van der Waals surface area contributed by atoms with Gasteiger partial charge in [-0.2, -0.15) is 0 Å². The summed E-state index contributed by atoms with van der Waals surface area (Å²) in [4.78, 5) is 21.4. The molecule has 0 spiro atoms. The summed E-state index contributed by atoms with van der Waals surface area (Å²) in [6, 6.07) is -0.744. The van der Waals surface area contributed by atoms with Gasteiger partial charge in [0.25, 0.3) is 0 Å². The second-order valence-corrected chi connectivity index (χ2v) is 20.2. The number of rotatable bonds is 66. The Kier molecular flexibility index (Phi) is 59.3. The Morgan fingerprint density at radius 1 is 0.395 bits per heavy atom. The predicted octanol–water partition coefficient (Wildman–Crippen LogP) is 11.3. The molecule has 0 aromatic carbocycles. The number of aromatic amines is 1. The van der Waals surface area contributed by atoms with E-state index in [0.717, 1.165) is 18.8 Å². The molecule has 0 fully saturated rings. The Morgan fingerprint density at radius 2 is 0.658 bits per heavy atom. The fraction of sp³-hybridized carbons (Fsp3) is 0.933. The van der Waals surface area contributed by atoms with E-state index in [1.54, 1.807) is 12.5 Å². The monoisotopic (exact) mass is 1090 g/mol. The third-order valence-electron chi connectivity index (χ3n) is 13.3. The van der Waals surface area contributed by atoms with Gasteiger partial charge in [0, 0.05) is 24.9 Å². The maximum Gasteiger partial charge on any atom is 0.323 e. The molecule has 1 atom stereocenters. The molecule has 1 heterocycles. The van der Waals surface area contributed by atoms with Crippen LogP contribution in [0.25, 0.3) is 0 Å². The van der Waals surface area contributed by atoms with Gasteiger partial charge in [-0.25, -0.2) is 4.98 Å². The average molecular weight is 1090 g/mol. The van der Waals surface area contributed by atoms with E-state index < -0.39 is 12.0 Å². The Balaban J connectivity index is 1.90. The van der Waals surface area contributed by atoms with Crippen molar-refractivity contribution in [1.29, 1.82) is 0 Å². The van der Waals surface area contributed by atoms with E-state index >= 15 is 0 Å². The summed E-state index contributed by atoms with van der Waals surface area (Å²) < 4.78 is 61.3. The Morgan fingerprint density at radius 3 is 0.934 bits per heavy atom. The van der Waals surface area contributed by atoms with Crippen LogP contribution < -0.4 is 5.73 Å². The van der Waals surface area contributed by atoms with E-state index in [1.165, 1.54) is 193 Å². The van der Waals surface area contributed by atoms with Crippen molar-refractivity contribution >= 4 is 5.97 Å². The third kappa shape index (κ3) is 55.5. The van der Waals surface area contributed by atoms with E-state index in [4.69, 9.17) is 57.8 Å². The first-order chi connectivity index (χ1) is 37.7. The maximum atomic E-state index is 11.9. The number of esters is 1. The number of H-pyrrole nitrogens is 1. The molecule has 0 saturated heterocycles. The lowest BCUT2D eigenvalue weighted by Crippen LogP contribution is -2.35. The van der Waals surface area contributed by atoms with Crippen molar-refractivity contribution in [2.45, 2.75) is 206 Å². The molecular formula is C60H118N4O12. The van der Waals surface area contributed by atoms with E-state index in [-0.39, 0.29) is 13.2 Å². The fourth-order valence-corrected chi connectivity index (χ4v) is 8.70. The minimum absolute atomic E-state index is 0.136. The van der Waals surface area contributed by atoms with Crippen LogP contribution in [0, 0.1) is 0 Å². The molecule has 76 heavy (non-hydrogen) atoms. The lowest BCUT2D eigenvalue weighted by molar-refractivity contribution is -0.146. The van der Waals surface area contributed by atoms with Crippen molar-refractivity contribution in [3.63, 3.8) is 0 Å². The zero-order valence-electron chi connectivity index (χ0n) is 49.1. The molecular weight excluding hydrogens is 969 g/mol. The molecule has 0 aliphatic rings. The van der Waals surface area contributed by atoms with Crippen molar-refractivity contribution < 1.29 is 56.9 Å². The molecule has 0 radical (unpaired) electrons. The van der Waals surface area contributed by atoms with Crippen LogP contribution in [0.3, 0.4) is 0 Å². The van der Waals surface area contributed by atoms with Crippen molar-refractivity contribution in [1.82, 2.24) is 14.9 Å². The second-order valence-electron chi connectivity index (χ2n) is 20.2. The molecule has 3 N–H and O–H groups in total. The summed E-state index contributed by atoms with van der Waals surface area (Å²) in [5.41, 5.74) is 6.62. The number of nitrogens with one attached hydrogen (secondary N) is 1. The average Bonchev–Trinajstić information content (AvgIpc) is 3.95. The molecule has 0 amide bonds.